The van der Waals surface area contributed by atoms with Crippen LogP contribution in [0, 0.1) is 0 Å². The number of aryl methyl sites for hydroxylation is 1. The van der Waals surface area contributed by atoms with Crippen LogP contribution >= 0.6 is 0 Å². The second kappa shape index (κ2) is 7.59. The van der Waals surface area contributed by atoms with E-state index in [4.69, 9.17) is 4.52 Å². The van der Waals surface area contributed by atoms with E-state index in [2.05, 4.69) is 22.2 Å². The summed E-state index contributed by atoms with van der Waals surface area (Å²) in [4.78, 5) is 13.8. The minimum Gasteiger partial charge on any atom is -0.476 e. The van der Waals surface area contributed by atoms with E-state index in [0.29, 0.717) is 19.5 Å². The molecule has 146 valence electrons. The summed E-state index contributed by atoms with van der Waals surface area (Å²) in [5, 5.41) is 18.0. The number of carbonyl (C=O) groups is 1. The van der Waals surface area contributed by atoms with Crippen LogP contribution in [0.2, 0.25) is 0 Å². The standard InChI is InChI=1S/C21H24N4O3/c1-3-25-18-10-9-16(12-17(18)20(22-25)21(26)27)24(2)13-15-11-19(28-23-15)14-7-5-4-6-8-14/h4-8,11,16H,3,9-10,12-13H2,1-2H3,(H,26,27)/t16-/m1/s1. The Bertz CT molecular complexity index is 977. The maximum absolute atomic E-state index is 11.6. The lowest BCUT2D eigenvalue weighted by Gasteiger charge is -2.31. The summed E-state index contributed by atoms with van der Waals surface area (Å²) in [5.41, 5.74) is 4.02. The highest BCUT2D eigenvalue weighted by molar-refractivity contribution is 5.87. The molecule has 1 aliphatic carbocycles. The largest absolute Gasteiger partial charge is 0.476 e. The molecule has 2 heterocycles. The molecule has 0 saturated heterocycles. The summed E-state index contributed by atoms with van der Waals surface area (Å²) in [6, 6.07) is 12.1. The molecule has 7 heteroatoms. The number of carboxylic acids is 1. The van der Waals surface area contributed by atoms with Crippen molar-refractivity contribution in [3.8, 4) is 11.3 Å². The van der Waals surface area contributed by atoms with Crippen LogP contribution in [-0.2, 0) is 25.9 Å². The van der Waals surface area contributed by atoms with Gasteiger partial charge in [0.05, 0.1) is 5.69 Å². The molecule has 28 heavy (non-hydrogen) atoms. The quantitative estimate of drug-likeness (QED) is 0.707. The van der Waals surface area contributed by atoms with Gasteiger partial charge in [0.15, 0.2) is 11.5 Å². The van der Waals surface area contributed by atoms with Gasteiger partial charge in [-0.05, 0) is 33.2 Å². The lowest BCUT2D eigenvalue weighted by molar-refractivity contribution is 0.0687. The average Bonchev–Trinajstić information content (AvgIpc) is 3.32. The Balaban J connectivity index is 1.48. The Hall–Kier alpha value is -2.93. The molecule has 0 bridgehead atoms. The first-order chi connectivity index (χ1) is 13.6. The highest BCUT2D eigenvalue weighted by Crippen LogP contribution is 2.28. The summed E-state index contributed by atoms with van der Waals surface area (Å²) in [6.07, 6.45) is 2.50. The van der Waals surface area contributed by atoms with Gasteiger partial charge in [0, 0.05) is 42.0 Å². The second-order valence-corrected chi connectivity index (χ2v) is 7.26. The molecule has 2 aromatic heterocycles. The first kappa shape index (κ1) is 18.4. The maximum atomic E-state index is 11.6. The van der Waals surface area contributed by atoms with Gasteiger partial charge in [-0.15, -0.1) is 0 Å². The molecule has 0 saturated carbocycles. The summed E-state index contributed by atoms with van der Waals surface area (Å²) < 4.78 is 7.33. The number of aromatic carboxylic acids is 1. The third-order valence-corrected chi connectivity index (χ3v) is 5.47. The Morgan fingerprint density at radius 3 is 2.86 bits per heavy atom. The molecule has 1 atom stereocenters. The average molecular weight is 380 g/mol. The van der Waals surface area contributed by atoms with Crippen LogP contribution < -0.4 is 0 Å². The lowest BCUT2D eigenvalue weighted by atomic mass is 9.90. The van der Waals surface area contributed by atoms with E-state index >= 15 is 0 Å². The predicted octanol–water partition coefficient (Wildman–Crippen LogP) is 3.25. The number of hydrogen-bond acceptors (Lipinski definition) is 5. The lowest BCUT2D eigenvalue weighted by Crippen LogP contribution is -2.36. The topological polar surface area (TPSA) is 84.4 Å². The smallest absolute Gasteiger partial charge is 0.356 e. The van der Waals surface area contributed by atoms with Crippen molar-refractivity contribution < 1.29 is 14.4 Å². The monoisotopic (exact) mass is 380 g/mol. The van der Waals surface area contributed by atoms with Crippen LogP contribution in [0.5, 0.6) is 0 Å². The van der Waals surface area contributed by atoms with Gasteiger partial charge < -0.3 is 9.63 Å². The zero-order valence-corrected chi connectivity index (χ0v) is 16.1. The van der Waals surface area contributed by atoms with Gasteiger partial charge in [0.25, 0.3) is 0 Å². The van der Waals surface area contributed by atoms with Crippen molar-refractivity contribution in [1.29, 1.82) is 0 Å². The van der Waals surface area contributed by atoms with E-state index in [0.717, 1.165) is 41.1 Å². The molecule has 0 amide bonds. The molecule has 0 unspecified atom stereocenters. The van der Waals surface area contributed by atoms with E-state index in [1.807, 2.05) is 48.0 Å². The van der Waals surface area contributed by atoms with Gasteiger partial charge in [0.2, 0.25) is 0 Å². The molecule has 1 aromatic carbocycles. The van der Waals surface area contributed by atoms with Crippen molar-refractivity contribution >= 4 is 5.97 Å². The number of likely N-dealkylation sites (N-methyl/N-ethyl adjacent to an activating group) is 1. The van der Waals surface area contributed by atoms with Gasteiger partial charge >= 0.3 is 5.97 Å². The first-order valence-corrected chi connectivity index (χ1v) is 9.60. The summed E-state index contributed by atoms with van der Waals surface area (Å²) in [7, 11) is 2.05. The van der Waals surface area contributed by atoms with Crippen molar-refractivity contribution in [2.75, 3.05) is 7.05 Å². The number of fused-ring (bicyclic) bond motifs is 1. The minimum absolute atomic E-state index is 0.197. The van der Waals surface area contributed by atoms with Crippen LogP contribution in [0.1, 0.15) is 40.8 Å². The Morgan fingerprint density at radius 2 is 2.14 bits per heavy atom. The summed E-state index contributed by atoms with van der Waals surface area (Å²) >= 11 is 0. The molecule has 0 radical (unpaired) electrons. The van der Waals surface area contributed by atoms with Crippen molar-refractivity contribution in [2.45, 2.75) is 45.3 Å². The molecule has 0 aliphatic heterocycles. The molecule has 1 aliphatic rings. The molecule has 3 aromatic rings. The van der Waals surface area contributed by atoms with Gasteiger partial charge in [0.1, 0.15) is 0 Å². The highest BCUT2D eigenvalue weighted by atomic mass is 16.5. The molecule has 0 spiro atoms. The second-order valence-electron chi connectivity index (χ2n) is 7.26. The molecular formula is C21H24N4O3. The highest BCUT2D eigenvalue weighted by Gasteiger charge is 2.30. The van der Waals surface area contributed by atoms with Crippen LogP contribution in [0.25, 0.3) is 11.3 Å². The third-order valence-electron chi connectivity index (χ3n) is 5.47. The van der Waals surface area contributed by atoms with Gasteiger partial charge in [-0.25, -0.2) is 4.79 Å². The number of nitrogens with zero attached hydrogens (tertiary/aromatic N) is 4. The van der Waals surface area contributed by atoms with Gasteiger partial charge in [-0.2, -0.15) is 5.10 Å². The van der Waals surface area contributed by atoms with E-state index in [1.165, 1.54) is 0 Å². The fourth-order valence-corrected chi connectivity index (χ4v) is 3.99. The zero-order valence-electron chi connectivity index (χ0n) is 16.1. The fourth-order valence-electron chi connectivity index (χ4n) is 3.99. The number of rotatable bonds is 6. The molecule has 1 N–H and O–H groups in total. The van der Waals surface area contributed by atoms with Gasteiger partial charge in [-0.3, -0.25) is 9.58 Å². The molecule has 7 nitrogen and oxygen atoms in total. The number of benzene rings is 1. The number of carboxylic acid groups (broad SMARTS) is 1. The maximum Gasteiger partial charge on any atom is 0.356 e. The Kier molecular flexibility index (Phi) is 5.00. The SMILES string of the molecule is CCn1nc(C(=O)O)c2c1CC[C@@H](N(C)Cc1cc(-c3ccccc3)on1)C2. The van der Waals surface area contributed by atoms with Gasteiger partial charge in [-0.1, -0.05) is 35.5 Å². The fraction of sp³-hybridized carbons (Fsp3) is 0.381. The molecule has 4 rings (SSSR count). The third kappa shape index (κ3) is 3.45. The zero-order chi connectivity index (χ0) is 19.7. The van der Waals surface area contributed by atoms with Crippen LogP contribution in [0.4, 0.5) is 0 Å². The Morgan fingerprint density at radius 1 is 1.36 bits per heavy atom. The normalized spacial score (nSPS) is 16.3. The number of aromatic nitrogens is 3. The number of hydrogen-bond donors (Lipinski definition) is 1. The van der Waals surface area contributed by atoms with E-state index in [-0.39, 0.29) is 11.7 Å². The van der Waals surface area contributed by atoms with Crippen molar-refractivity contribution in [2.24, 2.45) is 0 Å². The van der Waals surface area contributed by atoms with Crippen molar-refractivity contribution in [3.63, 3.8) is 0 Å². The predicted molar refractivity (Wildman–Crippen MR) is 104 cm³/mol. The van der Waals surface area contributed by atoms with Crippen LogP contribution in [0.15, 0.2) is 40.9 Å². The van der Waals surface area contributed by atoms with E-state index < -0.39 is 5.97 Å². The summed E-state index contributed by atoms with van der Waals surface area (Å²) in [6.45, 7) is 3.34. The van der Waals surface area contributed by atoms with Crippen LogP contribution in [-0.4, -0.2) is 44.0 Å². The first-order valence-electron chi connectivity index (χ1n) is 9.60. The molecular weight excluding hydrogens is 356 g/mol. The van der Waals surface area contributed by atoms with Crippen molar-refractivity contribution in [1.82, 2.24) is 19.8 Å². The summed E-state index contributed by atoms with van der Waals surface area (Å²) in [5.74, 6) is -0.192. The van der Waals surface area contributed by atoms with Crippen molar-refractivity contribution in [3.05, 3.63) is 59.0 Å². The van der Waals surface area contributed by atoms with E-state index in [9.17, 15) is 9.90 Å². The molecule has 0 fully saturated rings. The van der Waals surface area contributed by atoms with Crippen LogP contribution in [0.3, 0.4) is 0 Å². The minimum atomic E-state index is -0.948. The van der Waals surface area contributed by atoms with E-state index in [1.54, 1.807) is 0 Å². The Labute approximate surface area is 163 Å².